The number of halogens is 1. The van der Waals surface area contributed by atoms with Crippen LogP contribution in [0.25, 0.3) is 0 Å². The van der Waals surface area contributed by atoms with Crippen molar-refractivity contribution in [1.29, 1.82) is 0 Å². The average Bonchev–Trinajstić information content (AvgIpc) is 2.66. The van der Waals surface area contributed by atoms with Crippen LogP contribution in [0, 0.1) is 8.99 Å². The molecule has 3 heteroatoms. The summed E-state index contributed by atoms with van der Waals surface area (Å²) in [6, 6.07) is 8.11. The van der Waals surface area contributed by atoms with Crippen LogP contribution in [0.4, 0.5) is 0 Å². The van der Waals surface area contributed by atoms with Crippen LogP contribution in [0.2, 0.25) is 0 Å². The highest BCUT2D eigenvalue weighted by Crippen LogP contribution is 2.49. The zero-order valence-corrected chi connectivity index (χ0v) is 13.2. The number of benzene rings is 1. The molecule has 2 aliphatic carbocycles. The number of carbonyl (C=O) groups excluding carboxylic acids is 1. The second-order valence-electron chi connectivity index (χ2n) is 5.76. The number of ketones is 1. The van der Waals surface area contributed by atoms with Gasteiger partial charge in [-0.25, -0.2) is 0 Å². The van der Waals surface area contributed by atoms with E-state index < -0.39 is 0 Å². The predicted molar refractivity (Wildman–Crippen MR) is 83.3 cm³/mol. The minimum Gasteiger partial charge on any atom is -0.489 e. The molecular formula is C16H19IO2. The van der Waals surface area contributed by atoms with Crippen LogP contribution in [0.3, 0.4) is 0 Å². The Balaban J connectivity index is 1.76. The highest BCUT2D eigenvalue weighted by atomic mass is 127. The van der Waals surface area contributed by atoms with Crippen LogP contribution < -0.4 is 4.74 Å². The van der Waals surface area contributed by atoms with Crippen molar-refractivity contribution < 1.29 is 9.53 Å². The molecule has 0 heterocycles. The number of carbonyl (C=O) groups is 1. The molecule has 0 aromatic heterocycles. The predicted octanol–water partition coefficient (Wildman–Crippen LogP) is 4.35. The van der Waals surface area contributed by atoms with E-state index in [1.54, 1.807) is 0 Å². The Kier molecular flexibility index (Phi) is 3.83. The molecule has 0 amide bonds. The van der Waals surface area contributed by atoms with Crippen LogP contribution >= 0.6 is 22.6 Å². The van der Waals surface area contributed by atoms with Gasteiger partial charge >= 0.3 is 0 Å². The Morgan fingerprint density at radius 3 is 2.53 bits per heavy atom. The smallest absolute Gasteiger partial charge is 0.146 e. The van der Waals surface area contributed by atoms with E-state index in [4.69, 9.17) is 4.74 Å². The summed E-state index contributed by atoms with van der Waals surface area (Å²) in [6.45, 7) is 0. The minimum absolute atomic E-state index is 0.108. The zero-order chi connectivity index (χ0) is 13.3. The molecule has 1 spiro atoms. The van der Waals surface area contributed by atoms with E-state index in [1.807, 2.05) is 18.2 Å². The number of ether oxygens (including phenoxy) is 1. The highest BCUT2D eigenvalue weighted by molar-refractivity contribution is 14.1. The summed E-state index contributed by atoms with van der Waals surface area (Å²) >= 11 is 2.29. The summed E-state index contributed by atoms with van der Waals surface area (Å²) in [4.78, 5) is 12.1. The van der Waals surface area contributed by atoms with Gasteiger partial charge in [0, 0.05) is 9.99 Å². The average molecular weight is 370 g/mol. The van der Waals surface area contributed by atoms with Gasteiger partial charge in [0.1, 0.15) is 17.6 Å². The molecule has 3 rings (SSSR count). The largest absolute Gasteiger partial charge is 0.489 e. The number of hydrogen-bond acceptors (Lipinski definition) is 2. The Labute approximate surface area is 128 Å². The summed E-state index contributed by atoms with van der Waals surface area (Å²) in [5.41, 5.74) is -0.155. The summed E-state index contributed by atoms with van der Waals surface area (Å²) in [5.74, 6) is 1.35. The minimum atomic E-state index is -0.155. The lowest BCUT2D eigenvalue weighted by Gasteiger charge is -2.47. The van der Waals surface area contributed by atoms with E-state index in [0.717, 1.165) is 18.6 Å². The van der Waals surface area contributed by atoms with Gasteiger partial charge in [-0.1, -0.05) is 31.7 Å². The molecule has 1 aromatic rings. The molecule has 102 valence electrons. The van der Waals surface area contributed by atoms with Gasteiger partial charge in [0.15, 0.2) is 0 Å². The first-order valence-electron chi connectivity index (χ1n) is 7.16. The van der Waals surface area contributed by atoms with Crippen LogP contribution in [0.15, 0.2) is 24.3 Å². The zero-order valence-electron chi connectivity index (χ0n) is 11.0. The van der Waals surface area contributed by atoms with E-state index in [9.17, 15) is 4.79 Å². The molecule has 2 saturated carbocycles. The van der Waals surface area contributed by atoms with Gasteiger partial charge in [0.2, 0.25) is 0 Å². The molecule has 2 nitrogen and oxygen atoms in total. The fourth-order valence-electron chi connectivity index (χ4n) is 3.43. The number of hydrogen-bond donors (Lipinski definition) is 0. The fourth-order valence-corrected chi connectivity index (χ4v) is 3.95. The fraction of sp³-hybridized carbons (Fsp3) is 0.562. The van der Waals surface area contributed by atoms with Crippen LogP contribution in [-0.4, -0.2) is 11.9 Å². The summed E-state index contributed by atoms with van der Waals surface area (Å²) in [5, 5.41) is 0. The maximum atomic E-state index is 12.1. The molecule has 1 unspecified atom stereocenters. The third-order valence-electron chi connectivity index (χ3n) is 4.61. The van der Waals surface area contributed by atoms with E-state index in [2.05, 4.69) is 28.7 Å². The van der Waals surface area contributed by atoms with Crippen molar-refractivity contribution in [3.05, 3.63) is 27.8 Å². The van der Waals surface area contributed by atoms with Crippen molar-refractivity contribution >= 4 is 28.4 Å². The second-order valence-corrected chi connectivity index (χ2v) is 7.01. The summed E-state index contributed by atoms with van der Waals surface area (Å²) in [6.07, 6.45) is 7.66. The lowest BCUT2D eigenvalue weighted by Crippen LogP contribution is -2.56. The highest BCUT2D eigenvalue weighted by Gasteiger charge is 2.55. The Bertz CT molecular complexity index is 475. The molecule has 0 radical (unpaired) electrons. The Hall–Kier alpha value is -0.580. The topological polar surface area (TPSA) is 26.3 Å². The molecule has 0 aliphatic heterocycles. The molecule has 2 fully saturated rings. The van der Waals surface area contributed by atoms with Crippen molar-refractivity contribution in [2.45, 2.75) is 51.0 Å². The van der Waals surface area contributed by atoms with Gasteiger partial charge in [0.25, 0.3) is 0 Å². The Morgan fingerprint density at radius 2 is 1.89 bits per heavy atom. The van der Waals surface area contributed by atoms with Gasteiger partial charge in [-0.3, -0.25) is 4.79 Å². The number of rotatable bonds is 2. The molecule has 1 aromatic carbocycles. The standard InChI is InChI=1S/C16H19IO2/c17-12-6-5-7-13(10-12)19-15-11-14(18)16(15)8-3-1-2-4-9-16/h5-7,10,15H,1-4,8-9,11H2. The third kappa shape index (κ3) is 2.54. The molecule has 1 atom stereocenters. The van der Waals surface area contributed by atoms with Crippen molar-refractivity contribution in [3.63, 3.8) is 0 Å². The number of Topliss-reactive ketones (excluding diaryl/α,β-unsaturated/α-hetero) is 1. The van der Waals surface area contributed by atoms with E-state index >= 15 is 0 Å². The molecule has 19 heavy (non-hydrogen) atoms. The van der Waals surface area contributed by atoms with Crippen molar-refractivity contribution in [3.8, 4) is 5.75 Å². The molecule has 0 bridgehead atoms. The quantitative estimate of drug-likeness (QED) is 0.724. The van der Waals surface area contributed by atoms with Gasteiger partial charge in [-0.05, 0) is 53.6 Å². The first kappa shape index (κ1) is 13.4. The maximum absolute atomic E-state index is 12.1. The lowest BCUT2D eigenvalue weighted by atomic mass is 9.60. The van der Waals surface area contributed by atoms with Gasteiger partial charge in [-0.15, -0.1) is 0 Å². The first-order valence-corrected chi connectivity index (χ1v) is 8.24. The summed E-state index contributed by atoms with van der Waals surface area (Å²) in [7, 11) is 0. The van der Waals surface area contributed by atoms with Crippen molar-refractivity contribution in [2.75, 3.05) is 0 Å². The third-order valence-corrected chi connectivity index (χ3v) is 5.28. The van der Waals surface area contributed by atoms with E-state index in [-0.39, 0.29) is 11.5 Å². The van der Waals surface area contributed by atoms with E-state index in [0.29, 0.717) is 12.2 Å². The van der Waals surface area contributed by atoms with Gasteiger partial charge < -0.3 is 4.74 Å². The van der Waals surface area contributed by atoms with E-state index in [1.165, 1.54) is 29.3 Å². The normalized spacial score (nSPS) is 25.7. The molecule has 0 N–H and O–H groups in total. The van der Waals surface area contributed by atoms with Crippen LogP contribution in [0.1, 0.15) is 44.9 Å². The maximum Gasteiger partial charge on any atom is 0.146 e. The van der Waals surface area contributed by atoms with Crippen molar-refractivity contribution in [1.82, 2.24) is 0 Å². The molecule has 0 saturated heterocycles. The first-order chi connectivity index (χ1) is 9.21. The van der Waals surface area contributed by atoms with Crippen LogP contribution in [-0.2, 0) is 4.79 Å². The van der Waals surface area contributed by atoms with Gasteiger partial charge in [-0.2, -0.15) is 0 Å². The molecular weight excluding hydrogens is 351 g/mol. The monoisotopic (exact) mass is 370 g/mol. The Morgan fingerprint density at radius 1 is 1.16 bits per heavy atom. The SMILES string of the molecule is O=C1CC(Oc2cccc(I)c2)C12CCCCCC2. The summed E-state index contributed by atoms with van der Waals surface area (Å²) < 4.78 is 7.30. The van der Waals surface area contributed by atoms with Gasteiger partial charge in [0.05, 0.1) is 5.41 Å². The molecule has 2 aliphatic rings. The lowest BCUT2D eigenvalue weighted by molar-refractivity contribution is -0.154. The van der Waals surface area contributed by atoms with Crippen molar-refractivity contribution in [2.24, 2.45) is 5.41 Å². The van der Waals surface area contributed by atoms with Crippen LogP contribution in [0.5, 0.6) is 5.75 Å². The second kappa shape index (κ2) is 5.43.